The van der Waals surface area contributed by atoms with E-state index < -0.39 is 0 Å². The first-order valence-corrected chi connectivity index (χ1v) is 9.73. The van der Waals surface area contributed by atoms with Crippen LogP contribution in [0.4, 0.5) is 0 Å². The molecule has 1 aliphatic carbocycles. The van der Waals surface area contributed by atoms with Gasteiger partial charge >= 0.3 is 0 Å². The minimum Gasteiger partial charge on any atom is -0.297 e. The van der Waals surface area contributed by atoms with Crippen molar-refractivity contribution in [3.63, 3.8) is 0 Å². The van der Waals surface area contributed by atoms with E-state index in [2.05, 4.69) is 101 Å². The highest BCUT2D eigenvalue weighted by molar-refractivity contribution is 5.49. The molecule has 0 saturated carbocycles. The van der Waals surface area contributed by atoms with Crippen molar-refractivity contribution in [1.29, 1.82) is 0 Å². The summed E-state index contributed by atoms with van der Waals surface area (Å²) in [6, 6.07) is 16.3. The summed E-state index contributed by atoms with van der Waals surface area (Å²) in [5.74, 6) is 6.69. The van der Waals surface area contributed by atoms with Crippen LogP contribution >= 0.6 is 0 Å². The third kappa shape index (κ3) is 3.87. The van der Waals surface area contributed by atoms with Crippen LogP contribution < -0.4 is 0 Å². The van der Waals surface area contributed by atoms with Gasteiger partial charge in [0.05, 0.1) is 0 Å². The summed E-state index contributed by atoms with van der Waals surface area (Å²) in [7, 11) is 2.25. The van der Waals surface area contributed by atoms with Crippen LogP contribution in [0.1, 0.15) is 75.8 Å². The largest absolute Gasteiger partial charge is 0.297 e. The number of nitrogens with zero attached hydrogens (tertiary/aromatic N) is 1. The van der Waals surface area contributed by atoms with Crippen molar-refractivity contribution < 1.29 is 1.43 Å². The SMILES string of the molecule is Cc1ccc(C#Cc2ccc3c(c2)C(C)(C)CCC3N(C)C(C)C)cc1.[HH]. The summed E-state index contributed by atoms with van der Waals surface area (Å²) < 4.78 is 0. The molecule has 0 aromatic heterocycles. The van der Waals surface area contributed by atoms with Gasteiger partial charge < -0.3 is 0 Å². The zero-order valence-electron chi connectivity index (χ0n) is 17.1. The van der Waals surface area contributed by atoms with Crippen LogP contribution in [0.3, 0.4) is 0 Å². The fourth-order valence-electron chi connectivity index (χ4n) is 3.86. The van der Waals surface area contributed by atoms with Gasteiger partial charge in [-0.3, -0.25) is 4.90 Å². The van der Waals surface area contributed by atoms with E-state index in [9.17, 15) is 0 Å². The first-order valence-electron chi connectivity index (χ1n) is 9.73. The Bertz CT molecular complexity index is 837. The second-order valence-electron chi connectivity index (χ2n) is 8.62. The summed E-state index contributed by atoms with van der Waals surface area (Å²) >= 11 is 0. The average Bonchev–Trinajstić information content (AvgIpc) is 2.61. The standard InChI is InChI=1S/C25H31N.H2/c1-18(2)26(6)24-15-16-25(4,5)23-17-21(13-14-22(23)24)12-11-20-9-7-19(3)8-10-20;/h7-10,13-14,17-18,24H,15-16H2,1-6H3;1H. The van der Waals surface area contributed by atoms with E-state index in [-0.39, 0.29) is 6.84 Å². The molecule has 0 bridgehead atoms. The van der Waals surface area contributed by atoms with Gasteiger partial charge in [0.15, 0.2) is 0 Å². The molecule has 0 heterocycles. The van der Waals surface area contributed by atoms with E-state index in [0.29, 0.717) is 12.1 Å². The molecule has 2 aromatic rings. The topological polar surface area (TPSA) is 3.24 Å². The highest BCUT2D eigenvalue weighted by atomic mass is 15.1. The molecule has 138 valence electrons. The molecular formula is C25H33N. The lowest BCUT2D eigenvalue weighted by Crippen LogP contribution is -2.37. The van der Waals surface area contributed by atoms with Crippen LogP contribution in [0.5, 0.6) is 0 Å². The molecule has 1 heteroatoms. The van der Waals surface area contributed by atoms with E-state index in [1.807, 2.05) is 0 Å². The average molecular weight is 348 g/mol. The van der Waals surface area contributed by atoms with Gasteiger partial charge in [0.2, 0.25) is 0 Å². The zero-order chi connectivity index (χ0) is 18.9. The molecule has 1 nitrogen and oxygen atoms in total. The van der Waals surface area contributed by atoms with Gasteiger partial charge in [-0.1, -0.05) is 49.5 Å². The van der Waals surface area contributed by atoms with Crippen molar-refractivity contribution in [3.05, 3.63) is 70.3 Å². The summed E-state index contributed by atoms with van der Waals surface area (Å²) in [6.07, 6.45) is 2.44. The Labute approximate surface area is 160 Å². The first-order chi connectivity index (χ1) is 12.3. The molecule has 1 aliphatic rings. The molecular weight excluding hydrogens is 314 g/mol. The number of fused-ring (bicyclic) bond motifs is 1. The van der Waals surface area contributed by atoms with Crippen LogP contribution in [0, 0.1) is 18.8 Å². The van der Waals surface area contributed by atoms with Crippen LogP contribution in [-0.2, 0) is 5.41 Å². The molecule has 1 atom stereocenters. The molecule has 0 spiro atoms. The van der Waals surface area contributed by atoms with Gasteiger partial charge in [-0.05, 0) is 81.5 Å². The molecule has 0 fully saturated rings. The molecule has 1 unspecified atom stereocenters. The summed E-state index contributed by atoms with van der Waals surface area (Å²) in [4.78, 5) is 2.51. The third-order valence-electron chi connectivity index (χ3n) is 5.89. The monoisotopic (exact) mass is 347 g/mol. The predicted molar refractivity (Wildman–Crippen MR) is 114 cm³/mol. The second kappa shape index (κ2) is 7.29. The Morgan fingerprint density at radius 1 is 1.04 bits per heavy atom. The maximum atomic E-state index is 3.37. The van der Waals surface area contributed by atoms with Gasteiger partial charge in [0.1, 0.15) is 0 Å². The zero-order valence-corrected chi connectivity index (χ0v) is 17.1. The van der Waals surface area contributed by atoms with Crippen molar-refractivity contribution in [2.45, 2.75) is 65.0 Å². The Hall–Kier alpha value is -2.04. The normalized spacial score (nSPS) is 18.4. The van der Waals surface area contributed by atoms with Crippen molar-refractivity contribution in [1.82, 2.24) is 4.90 Å². The molecule has 0 N–H and O–H groups in total. The van der Waals surface area contributed by atoms with Gasteiger partial charge in [-0.2, -0.15) is 0 Å². The maximum Gasteiger partial charge on any atom is 0.0351 e. The lowest BCUT2D eigenvalue weighted by atomic mass is 9.70. The first kappa shape index (κ1) is 18.7. The third-order valence-corrected chi connectivity index (χ3v) is 5.89. The van der Waals surface area contributed by atoms with Crippen molar-refractivity contribution in [2.75, 3.05) is 7.05 Å². The molecule has 3 rings (SSSR count). The van der Waals surface area contributed by atoms with E-state index in [4.69, 9.17) is 0 Å². The lowest BCUT2D eigenvalue weighted by molar-refractivity contribution is 0.163. The van der Waals surface area contributed by atoms with Crippen LogP contribution in [0.15, 0.2) is 42.5 Å². The molecule has 2 aromatic carbocycles. The van der Waals surface area contributed by atoms with Crippen molar-refractivity contribution >= 4 is 0 Å². The molecule has 0 radical (unpaired) electrons. The molecule has 0 aliphatic heterocycles. The number of hydrogen-bond donors (Lipinski definition) is 0. The van der Waals surface area contributed by atoms with E-state index in [1.54, 1.807) is 0 Å². The Kier molecular flexibility index (Phi) is 5.26. The minimum absolute atomic E-state index is 0. The van der Waals surface area contributed by atoms with Gasteiger partial charge in [0, 0.05) is 24.6 Å². The van der Waals surface area contributed by atoms with Crippen LogP contribution in [-0.4, -0.2) is 18.0 Å². The smallest absolute Gasteiger partial charge is 0.0351 e. The predicted octanol–water partition coefficient (Wildman–Crippen LogP) is 6.09. The Morgan fingerprint density at radius 2 is 1.65 bits per heavy atom. The van der Waals surface area contributed by atoms with Gasteiger partial charge in [0.25, 0.3) is 0 Å². The highest BCUT2D eigenvalue weighted by Crippen LogP contribution is 2.44. The molecule has 0 amide bonds. The fraction of sp³-hybridized carbons (Fsp3) is 0.440. The summed E-state index contributed by atoms with van der Waals surface area (Å²) in [5.41, 5.74) is 6.63. The molecule has 0 saturated heterocycles. The summed E-state index contributed by atoms with van der Waals surface area (Å²) in [5, 5.41) is 0. The van der Waals surface area contributed by atoms with Crippen LogP contribution in [0.2, 0.25) is 0 Å². The van der Waals surface area contributed by atoms with Crippen molar-refractivity contribution in [3.8, 4) is 11.8 Å². The Morgan fingerprint density at radius 3 is 2.31 bits per heavy atom. The fourth-order valence-corrected chi connectivity index (χ4v) is 3.86. The number of benzene rings is 2. The van der Waals surface area contributed by atoms with Gasteiger partial charge in [-0.15, -0.1) is 0 Å². The van der Waals surface area contributed by atoms with Gasteiger partial charge in [-0.25, -0.2) is 0 Å². The van der Waals surface area contributed by atoms with E-state index in [1.165, 1.54) is 29.5 Å². The highest BCUT2D eigenvalue weighted by Gasteiger charge is 2.34. The van der Waals surface area contributed by atoms with Crippen molar-refractivity contribution in [2.24, 2.45) is 0 Å². The minimum atomic E-state index is 0. The van der Waals surface area contributed by atoms with Crippen LogP contribution in [0.25, 0.3) is 0 Å². The van der Waals surface area contributed by atoms with E-state index >= 15 is 0 Å². The van der Waals surface area contributed by atoms with E-state index in [0.717, 1.165) is 11.1 Å². The number of rotatable bonds is 2. The second-order valence-corrected chi connectivity index (χ2v) is 8.62. The lowest BCUT2D eigenvalue weighted by Gasteiger charge is -2.42. The maximum absolute atomic E-state index is 3.37. The quantitative estimate of drug-likeness (QED) is 0.594. The molecule has 26 heavy (non-hydrogen) atoms. The Balaban J connectivity index is 0.00000261. The number of aryl methyl sites for hydroxylation is 1. The summed E-state index contributed by atoms with van der Waals surface area (Å²) in [6.45, 7) is 11.4. The number of hydrogen-bond acceptors (Lipinski definition) is 1.